The largest absolute Gasteiger partial charge is 0.376 e. The second kappa shape index (κ2) is 5.01. The highest BCUT2D eigenvalue weighted by Gasteiger charge is 2.20. The van der Waals surface area contributed by atoms with E-state index in [1.54, 1.807) is 18.2 Å². The molecule has 1 atom stereocenters. The summed E-state index contributed by atoms with van der Waals surface area (Å²) in [6, 6.07) is 5.29. The average Bonchev–Trinajstić information content (AvgIpc) is 3.02. The standard InChI is InChI=1S/C14H16N2O3/c17-13-7-10-6-9(3-4-12(10)16-13)14(18)15-8-11-2-1-5-19-11/h3-4,6,11H,1-2,5,7-8H2,(H,15,18)(H,16,17). The summed E-state index contributed by atoms with van der Waals surface area (Å²) in [7, 11) is 0. The predicted octanol–water partition coefficient (Wildman–Crippen LogP) is 1.09. The van der Waals surface area contributed by atoms with Gasteiger partial charge in [0.2, 0.25) is 5.91 Å². The van der Waals surface area contributed by atoms with Gasteiger partial charge in [-0.1, -0.05) is 0 Å². The van der Waals surface area contributed by atoms with Crippen LogP contribution >= 0.6 is 0 Å². The Morgan fingerprint density at radius 3 is 3.16 bits per heavy atom. The summed E-state index contributed by atoms with van der Waals surface area (Å²) in [5.74, 6) is -0.135. The molecule has 3 rings (SSSR count). The van der Waals surface area contributed by atoms with Gasteiger partial charge in [-0.2, -0.15) is 0 Å². The number of hydrogen-bond donors (Lipinski definition) is 2. The Labute approximate surface area is 111 Å². The Balaban J connectivity index is 1.63. The molecule has 2 amide bonds. The van der Waals surface area contributed by atoms with Crippen molar-refractivity contribution in [3.05, 3.63) is 29.3 Å². The number of amides is 2. The maximum absolute atomic E-state index is 12.0. The fourth-order valence-corrected chi connectivity index (χ4v) is 2.48. The van der Waals surface area contributed by atoms with Crippen LogP contribution in [-0.4, -0.2) is 31.1 Å². The molecule has 2 aliphatic rings. The van der Waals surface area contributed by atoms with E-state index in [1.165, 1.54) is 0 Å². The first kappa shape index (κ1) is 12.2. The minimum Gasteiger partial charge on any atom is -0.376 e. The number of hydrogen-bond acceptors (Lipinski definition) is 3. The molecule has 0 spiro atoms. The summed E-state index contributed by atoms with van der Waals surface area (Å²) in [5.41, 5.74) is 2.28. The van der Waals surface area contributed by atoms with Crippen LogP contribution in [0.15, 0.2) is 18.2 Å². The van der Waals surface area contributed by atoms with E-state index in [4.69, 9.17) is 4.74 Å². The van der Waals surface area contributed by atoms with Crippen molar-refractivity contribution in [1.82, 2.24) is 5.32 Å². The molecule has 1 saturated heterocycles. The molecule has 2 heterocycles. The molecule has 19 heavy (non-hydrogen) atoms. The molecule has 0 radical (unpaired) electrons. The molecule has 5 nitrogen and oxygen atoms in total. The van der Waals surface area contributed by atoms with Gasteiger partial charge in [-0.05, 0) is 36.6 Å². The summed E-state index contributed by atoms with van der Waals surface area (Å²) in [4.78, 5) is 23.3. The minimum absolute atomic E-state index is 0.0214. The van der Waals surface area contributed by atoms with Crippen molar-refractivity contribution in [2.45, 2.75) is 25.4 Å². The van der Waals surface area contributed by atoms with Gasteiger partial charge < -0.3 is 15.4 Å². The van der Waals surface area contributed by atoms with Crippen molar-refractivity contribution in [2.75, 3.05) is 18.5 Å². The highest BCUT2D eigenvalue weighted by molar-refractivity contribution is 6.01. The second-order valence-corrected chi connectivity index (χ2v) is 4.94. The number of fused-ring (bicyclic) bond motifs is 1. The van der Waals surface area contributed by atoms with Gasteiger partial charge >= 0.3 is 0 Å². The fraction of sp³-hybridized carbons (Fsp3) is 0.429. The van der Waals surface area contributed by atoms with Crippen LogP contribution in [0.5, 0.6) is 0 Å². The minimum atomic E-state index is -0.113. The van der Waals surface area contributed by atoms with E-state index in [0.29, 0.717) is 18.5 Å². The molecule has 1 aromatic carbocycles. The third-order valence-electron chi connectivity index (χ3n) is 3.51. The van der Waals surface area contributed by atoms with Crippen LogP contribution in [0.3, 0.4) is 0 Å². The Morgan fingerprint density at radius 1 is 1.47 bits per heavy atom. The Hall–Kier alpha value is -1.88. The van der Waals surface area contributed by atoms with Crippen molar-refractivity contribution >= 4 is 17.5 Å². The summed E-state index contributed by atoms with van der Waals surface area (Å²) in [6.07, 6.45) is 2.56. The maximum Gasteiger partial charge on any atom is 0.251 e. The maximum atomic E-state index is 12.0. The van der Waals surface area contributed by atoms with E-state index in [1.807, 2.05) is 0 Å². The number of carbonyl (C=O) groups is 2. The predicted molar refractivity (Wildman–Crippen MR) is 70.1 cm³/mol. The first-order valence-corrected chi connectivity index (χ1v) is 6.55. The van der Waals surface area contributed by atoms with E-state index >= 15 is 0 Å². The van der Waals surface area contributed by atoms with E-state index in [0.717, 1.165) is 30.7 Å². The number of rotatable bonds is 3. The molecule has 1 fully saturated rings. The molecule has 0 aromatic heterocycles. The molecule has 1 aromatic rings. The van der Waals surface area contributed by atoms with E-state index in [9.17, 15) is 9.59 Å². The van der Waals surface area contributed by atoms with Crippen LogP contribution < -0.4 is 10.6 Å². The van der Waals surface area contributed by atoms with Crippen molar-refractivity contribution in [1.29, 1.82) is 0 Å². The molecule has 5 heteroatoms. The van der Waals surface area contributed by atoms with Crippen LogP contribution in [0.4, 0.5) is 5.69 Å². The van der Waals surface area contributed by atoms with Crippen LogP contribution in [0.2, 0.25) is 0 Å². The molecule has 0 saturated carbocycles. The van der Waals surface area contributed by atoms with Gasteiger partial charge in [-0.3, -0.25) is 9.59 Å². The van der Waals surface area contributed by atoms with Crippen LogP contribution in [0.1, 0.15) is 28.8 Å². The first-order chi connectivity index (χ1) is 9.22. The SMILES string of the molecule is O=C1Cc2cc(C(=O)NCC3CCCO3)ccc2N1. The fourth-order valence-electron chi connectivity index (χ4n) is 2.48. The van der Waals surface area contributed by atoms with Crippen LogP contribution in [-0.2, 0) is 16.0 Å². The average molecular weight is 260 g/mol. The number of ether oxygens (including phenoxy) is 1. The zero-order chi connectivity index (χ0) is 13.2. The van der Waals surface area contributed by atoms with Crippen LogP contribution in [0, 0.1) is 0 Å². The highest BCUT2D eigenvalue weighted by Crippen LogP contribution is 2.23. The second-order valence-electron chi connectivity index (χ2n) is 4.94. The van der Waals surface area contributed by atoms with Crippen molar-refractivity contribution < 1.29 is 14.3 Å². The molecule has 0 bridgehead atoms. The number of benzene rings is 1. The van der Waals surface area contributed by atoms with Crippen molar-refractivity contribution in [3.8, 4) is 0 Å². The molecule has 2 aliphatic heterocycles. The highest BCUT2D eigenvalue weighted by atomic mass is 16.5. The summed E-state index contributed by atoms with van der Waals surface area (Å²) in [6.45, 7) is 1.33. The smallest absolute Gasteiger partial charge is 0.251 e. The normalized spacial score (nSPS) is 21.1. The van der Waals surface area contributed by atoms with Gasteiger partial charge in [0.25, 0.3) is 5.91 Å². The topological polar surface area (TPSA) is 67.4 Å². The van der Waals surface area contributed by atoms with Gasteiger partial charge in [-0.15, -0.1) is 0 Å². The molecule has 0 aliphatic carbocycles. The summed E-state index contributed by atoms with van der Waals surface area (Å²) < 4.78 is 5.46. The summed E-state index contributed by atoms with van der Waals surface area (Å²) >= 11 is 0. The zero-order valence-corrected chi connectivity index (χ0v) is 10.6. The lowest BCUT2D eigenvalue weighted by Crippen LogP contribution is -2.31. The van der Waals surface area contributed by atoms with Gasteiger partial charge in [0.15, 0.2) is 0 Å². The molecular formula is C14H16N2O3. The lowest BCUT2D eigenvalue weighted by Gasteiger charge is -2.11. The van der Waals surface area contributed by atoms with Crippen molar-refractivity contribution in [3.63, 3.8) is 0 Å². The lowest BCUT2D eigenvalue weighted by atomic mass is 10.1. The van der Waals surface area contributed by atoms with Gasteiger partial charge in [0.1, 0.15) is 0 Å². The third kappa shape index (κ3) is 2.61. The van der Waals surface area contributed by atoms with E-state index in [2.05, 4.69) is 10.6 Å². The molecule has 1 unspecified atom stereocenters. The Bertz CT molecular complexity index is 521. The first-order valence-electron chi connectivity index (χ1n) is 6.55. The molecule has 2 N–H and O–H groups in total. The monoisotopic (exact) mass is 260 g/mol. The molecular weight excluding hydrogens is 244 g/mol. The number of nitrogens with one attached hydrogen (secondary N) is 2. The quantitative estimate of drug-likeness (QED) is 0.855. The Kier molecular flexibility index (Phi) is 3.21. The zero-order valence-electron chi connectivity index (χ0n) is 10.6. The molecule has 100 valence electrons. The Morgan fingerprint density at radius 2 is 2.37 bits per heavy atom. The van der Waals surface area contributed by atoms with Gasteiger partial charge in [0, 0.05) is 24.4 Å². The van der Waals surface area contributed by atoms with Gasteiger partial charge in [-0.25, -0.2) is 0 Å². The van der Waals surface area contributed by atoms with Crippen molar-refractivity contribution in [2.24, 2.45) is 0 Å². The lowest BCUT2D eigenvalue weighted by molar-refractivity contribution is -0.115. The summed E-state index contributed by atoms with van der Waals surface area (Å²) in [5, 5.41) is 5.62. The van der Waals surface area contributed by atoms with E-state index < -0.39 is 0 Å². The van der Waals surface area contributed by atoms with E-state index in [-0.39, 0.29) is 17.9 Å². The number of anilines is 1. The van der Waals surface area contributed by atoms with Crippen LogP contribution in [0.25, 0.3) is 0 Å². The number of carbonyl (C=O) groups excluding carboxylic acids is 2. The third-order valence-corrected chi connectivity index (χ3v) is 3.51. The van der Waals surface area contributed by atoms with Gasteiger partial charge in [0.05, 0.1) is 12.5 Å².